The molecule has 0 spiro atoms. The highest BCUT2D eigenvalue weighted by Gasteiger charge is 2.41. The van der Waals surface area contributed by atoms with Gasteiger partial charge >= 0.3 is 19.9 Å². The Hall–Kier alpha value is -2.69. The summed E-state index contributed by atoms with van der Waals surface area (Å²) in [6.45, 7) is 1.75. The van der Waals surface area contributed by atoms with Crippen LogP contribution >= 0.6 is 8.25 Å². The summed E-state index contributed by atoms with van der Waals surface area (Å²) >= 11 is 0. The number of H-pyrrole nitrogens is 1. The number of aliphatic hydroxyl groups excluding tert-OH is 1. The van der Waals surface area contributed by atoms with Crippen LogP contribution in [0.1, 0.15) is 54.3 Å². The van der Waals surface area contributed by atoms with E-state index in [1.54, 1.807) is 37.3 Å². The van der Waals surface area contributed by atoms with Crippen molar-refractivity contribution in [1.82, 2.24) is 9.55 Å². The number of carbonyl (C=O) groups excluding carboxylic acids is 1. The van der Waals surface area contributed by atoms with Crippen LogP contribution in [0.4, 0.5) is 0 Å². The van der Waals surface area contributed by atoms with Crippen LogP contribution in [0.15, 0.2) is 46.1 Å². The number of hydrogen-bond acceptors (Lipinski definition) is 9. The minimum Gasteiger partial charge on any atom is -0.456 e. The number of nitrogens with zero attached hydrogens (tertiary/aromatic N) is 1. The Balaban J connectivity index is 1.63. The van der Waals surface area contributed by atoms with Crippen molar-refractivity contribution in [1.29, 1.82) is 0 Å². The molecule has 190 valence electrons. The molecule has 4 atom stereocenters. The molecule has 1 aliphatic rings. The molecule has 1 fully saturated rings. The zero-order valence-corrected chi connectivity index (χ0v) is 20.4. The predicted molar refractivity (Wildman–Crippen MR) is 125 cm³/mol. The second kappa shape index (κ2) is 13.4. The zero-order valence-electron chi connectivity index (χ0n) is 19.5. The third-order valence-electron chi connectivity index (χ3n) is 5.50. The maximum atomic E-state index is 12.6. The summed E-state index contributed by atoms with van der Waals surface area (Å²) in [4.78, 5) is 38.9. The van der Waals surface area contributed by atoms with Gasteiger partial charge in [0.25, 0.3) is 5.56 Å². The third kappa shape index (κ3) is 7.91. The van der Waals surface area contributed by atoms with Crippen LogP contribution in [0, 0.1) is 6.92 Å². The number of rotatable bonds is 13. The monoisotopic (exact) mass is 509 g/mol. The van der Waals surface area contributed by atoms with Gasteiger partial charge in [0.2, 0.25) is 0 Å². The molecule has 2 aromatic rings. The second-order valence-corrected chi connectivity index (χ2v) is 9.11. The molecule has 1 aliphatic heterocycles. The smallest absolute Gasteiger partial charge is 0.456 e. The number of aromatic nitrogens is 2. The Morgan fingerprint density at radius 3 is 2.66 bits per heavy atom. The lowest BCUT2D eigenvalue weighted by Gasteiger charge is -2.16. The molecule has 2 N–H and O–H groups in total. The topological polar surface area (TPSA) is 146 Å². The maximum absolute atomic E-state index is 12.6. The SMILES string of the molecule is Cc1cn([C@H]2C[C@H](OC(=O)c3ccccc3)[C@@H](CO[P+](=O)OCCCCCCO)O2)c(=O)[nH]c1=O. The molecule has 0 amide bonds. The molecule has 1 saturated heterocycles. The minimum atomic E-state index is -2.42. The van der Waals surface area contributed by atoms with Crippen molar-refractivity contribution in [3.8, 4) is 0 Å². The summed E-state index contributed by atoms with van der Waals surface area (Å²) in [5.74, 6) is -0.571. The van der Waals surface area contributed by atoms with Gasteiger partial charge in [-0.15, -0.1) is 9.05 Å². The Bertz CT molecular complexity index is 1100. The molecule has 3 rings (SSSR count). The fraction of sp³-hybridized carbons (Fsp3) is 0.522. The van der Waals surface area contributed by atoms with Crippen LogP contribution in [-0.2, 0) is 23.1 Å². The minimum absolute atomic E-state index is 0.125. The Labute approximate surface area is 202 Å². The van der Waals surface area contributed by atoms with Gasteiger partial charge in [0.15, 0.2) is 0 Å². The lowest BCUT2D eigenvalue weighted by atomic mass is 10.1. The molecule has 2 heterocycles. The van der Waals surface area contributed by atoms with Crippen molar-refractivity contribution in [2.75, 3.05) is 19.8 Å². The van der Waals surface area contributed by atoms with E-state index in [0.717, 1.165) is 12.8 Å². The van der Waals surface area contributed by atoms with Gasteiger partial charge in [0, 0.05) is 29.4 Å². The van der Waals surface area contributed by atoms with Gasteiger partial charge in [-0.05, 0) is 31.9 Å². The average Bonchev–Trinajstić information content (AvgIpc) is 3.25. The number of aliphatic hydroxyl groups is 1. The van der Waals surface area contributed by atoms with Crippen LogP contribution in [0.5, 0.6) is 0 Å². The first-order valence-corrected chi connectivity index (χ1v) is 12.6. The van der Waals surface area contributed by atoms with E-state index >= 15 is 0 Å². The van der Waals surface area contributed by atoms with Crippen LogP contribution in [0.25, 0.3) is 0 Å². The summed E-state index contributed by atoms with van der Waals surface area (Å²) < 4.78 is 35.4. The molecule has 35 heavy (non-hydrogen) atoms. The largest absolute Gasteiger partial charge is 0.697 e. The summed E-state index contributed by atoms with van der Waals surface area (Å²) in [6, 6.07) is 8.42. The zero-order chi connectivity index (χ0) is 25.2. The number of aryl methyl sites for hydroxylation is 1. The van der Waals surface area contributed by atoms with E-state index < -0.39 is 43.9 Å². The molecular weight excluding hydrogens is 479 g/mol. The number of benzene rings is 1. The quantitative estimate of drug-likeness (QED) is 0.236. The molecular formula is C23H30N2O9P+. The van der Waals surface area contributed by atoms with E-state index in [-0.39, 0.29) is 26.2 Å². The Kier molecular flexibility index (Phi) is 10.3. The first-order valence-electron chi connectivity index (χ1n) is 11.5. The number of hydrogen-bond donors (Lipinski definition) is 2. The first kappa shape index (κ1) is 26.9. The van der Waals surface area contributed by atoms with E-state index in [0.29, 0.717) is 24.0 Å². The lowest BCUT2D eigenvalue weighted by Crippen LogP contribution is -2.33. The summed E-state index contributed by atoms with van der Waals surface area (Å²) in [6.07, 6.45) is 2.14. The number of carbonyl (C=O) groups is 1. The number of ether oxygens (including phenoxy) is 2. The van der Waals surface area contributed by atoms with E-state index in [1.165, 1.54) is 10.8 Å². The van der Waals surface area contributed by atoms with Crippen LogP contribution < -0.4 is 11.2 Å². The summed E-state index contributed by atoms with van der Waals surface area (Å²) in [5.41, 5.74) is -0.484. The van der Waals surface area contributed by atoms with Gasteiger partial charge < -0.3 is 14.6 Å². The summed E-state index contributed by atoms with van der Waals surface area (Å²) in [7, 11) is -2.42. The van der Waals surface area contributed by atoms with Gasteiger partial charge in [-0.25, -0.2) is 9.59 Å². The lowest BCUT2D eigenvalue weighted by molar-refractivity contribution is -0.0486. The van der Waals surface area contributed by atoms with Gasteiger partial charge in [0.1, 0.15) is 31.6 Å². The highest BCUT2D eigenvalue weighted by molar-refractivity contribution is 7.33. The highest BCUT2D eigenvalue weighted by atomic mass is 31.1. The van der Waals surface area contributed by atoms with Gasteiger partial charge in [-0.2, -0.15) is 0 Å². The number of esters is 1. The number of unbranched alkanes of at least 4 members (excludes halogenated alkanes) is 3. The molecule has 11 nitrogen and oxygen atoms in total. The molecule has 0 saturated carbocycles. The predicted octanol–water partition coefficient (Wildman–Crippen LogP) is 2.60. The molecule has 12 heteroatoms. The van der Waals surface area contributed by atoms with Crippen LogP contribution in [0.2, 0.25) is 0 Å². The number of aromatic amines is 1. The van der Waals surface area contributed by atoms with E-state index in [1.807, 2.05) is 0 Å². The second-order valence-electron chi connectivity index (χ2n) is 8.14. The highest BCUT2D eigenvalue weighted by Crippen LogP contribution is 2.33. The molecule has 1 aromatic carbocycles. The molecule has 1 aromatic heterocycles. The van der Waals surface area contributed by atoms with Gasteiger partial charge in [0.05, 0.1) is 5.56 Å². The van der Waals surface area contributed by atoms with Crippen molar-refractivity contribution in [2.24, 2.45) is 0 Å². The Morgan fingerprint density at radius 1 is 1.17 bits per heavy atom. The number of nitrogens with one attached hydrogen (secondary N) is 1. The Morgan fingerprint density at radius 2 is 1.91 bits per heavy atom. The van der Waals surface area contributed by atoms with Gasteiger partial charge in [-0.1, -0.05) is 31.0 Å². The standard InChI is InChI=1S/C23H29N2O9P/c1-16-14-25(23(29)24-21(16)27)20-13-18(34-22(28)17-9-5-4-6-10-17)19(33-20)15-32-35(30)31-12-8-3-2-7-11-26/h4-6,9-10,14,18-20,26H,2-3,7-8,11-13,15H2,1H3/p+1/t18-,19+,20+/m0/s1. The molecule has 1 unspecified atom stereocenters. The van der Waals surface area contributed by atoms with Crippen LogP contribution in [0.3, 0.4) is 0 Å². The first-order chi connectivity index (χ1) is 16.9. The maximum Gasteiger partial charge on any atom is 0.697 e. The normalized spacial score (nSPS) is 20.1. The summed E-state index contributed by atoms with van der Waals surface area (Å²) in [5, 5.41) is 8.78. The fourth-order valence-corrected chi connectivity index (χ4v) is 4.22. The van der Waals surface area contributed by atoms with Crippen molar-refractivity contribution in [3.05, 3.63) is 68.5 Å². The third-order valence-corrected chi connectivity index (χ3v) is 6.25. The van der Waals surface area contributed by atoms with Crippen molar-refractivity contribution in [3.63, 3.8) is 0 Å². The fourth-order valence-electron chi connectivity index (χ4n) is 3.60. The average molecular weight is 509 g/mol. The van der Waals surface area contributed by atoms with E-state index in [9.17, 15) is 18.9 Å². The molecule has 0 aliphatic carbocycles. The van der Waals surface area contributed by atoms with E-state index in [4.69, 9.17) is 23.6 Å². The van der Waals surface area contributed by atoms with Crippen LogP contribution in [-0.4, -0.2) is 52.7 Å². The molecule has 0 bridgehead atoms. The van der Waals surface area contributed by atoms with Crippen molar-refractivity contribution < 1.29 is 33.0 Å². The van der Waals surface area contributed by atoms with Crippen molar-refractivity contribution >= 4 is 14.2 Å². The molecule has 0 radical (unpaired) electrons. The van der Waals surface area contributed by atoms with E-state index in [2.05, 4.69) is 4.98 Å². The van der Waals surface area contributed by atoms with Gasteiger partial charge in [-0.3, -0.25) is 14.3 Å². The van der Waals surface area contributed by atoms with Crippen molar-refractivity contribution in [2.45, 2.75) is 57.5 Å².